The van der Waals surface area contributed by atoms with E-state index in [0.717, 1.165) is 24.7 Å². The molecule has 1 aromatic rings. The topological polar surface area (TPSA) is 9.23 Å². The van der Waals surface area contributed by atoms with Gasteiger partial charge >= 0.3 is 0 Å². The highest BCUT2D eigenvalue weighted by molar-refractivity contribution is 5.33. The van der Waals surface area contributed by atoms with Crippen molar-refractivity contribution in [2.24, 2.45) is 5.92 Å². The average molecular weight is 192 g/mol. The van der Waals surface area contributed by atoms with Gasteiger partial charge in [-0.15, -0.1) is 0 Å². The van der Waals surface area contributed by atoms with Crippen LogP contribution in [0.15, 0.2) is 24.3 Å². The highest BCUT2D eigenvalue weighted by Crippen LogP contribution is 2.30. The molecule has 0 unspecified atom stereocenters. The number of rotatable bonds is 4. The van der Waals surface area contributed by atoms with Crippen molar-refractivity contribution in [3.63, 3.8) is 0 Å². The van der Waals surface area contributed by atoms with Gasteiger partial charge in [-0.05, 0) is 36.8 Å². The molecule has 1 fully saturated rings. The van der Waals surface area contributed by atoms with Gasteiger partial charge < -0.3 is 4.74 Å². The Kier molecular flexibility index (Phi) is 3.99. The van der Waals surface area contributed by atoms with Crippen LogP contribution in [0.2, 0.25) is 0 Å². The lowest BCUT2D eigenvalue weighted by molar-refractivity contribution is 0.297. The van der Waals surface area contributed by atoms with E-state index in [1.165, 1.54) is 18.4 Å². The molecule has 0 aromatic heterocycles. The Morgan fingerprint density at radius 2 is 2.00 bits per heavy atom. The lowest BCUT2D eigenvalue weighted by atomic mass is 10.1. The first-order valence-electron chi connectivity index (χ1n) is 5.11. The second-order valence-electron chi connectivity index (χ2n) is 3.72. The number of hydrogen-bond donors (Lipinski definition) is 0. The minimum absolute atomic E-state index is 0. The highest BCUT2D eigenvalue weighted by atomic mass is 16.5. The molecule has 1 nitrogen and oxygen atoms in total. The van der Waals surface area contributed by atoms with Gasteiger partial charge in [0, 0.05) is 0 Å². The maximum atomic E-state index is 5.75. The Morgan fingerprint density at radius 1 is 1.29 bits per heavy atom. The normalized spacial score (nSPS) is 14.6. The molecule has 0 amide bonds. The van der Waals surface area contributed by atoms with Gasteiger partial charge in [0.2, 0.25) is 0 Å². The summed E-state index contributed by atoms with van der Waals surface area (Å²) >= 11 is 0. The van der Waals surface area contributed by atoms with Crippen LogP contribution in [0.4, 0.5) is 0 Å². The molecule has 0 saturated heterocycles. The molecule has 2 rings (SSSR count). The van der Waals surface area contributed by atoms with Gasteiger partial charge in [-0.25, -0.2) is 0 Å². The van der Waals surface area contributed by atoms with Crippen molar-refractivity contribution in [3.05, 3.63) is 29.8 Å². The molecule has 1 aromatic carbocycles. The van der Waals surface area contributed by atoms with Gasteiger partial charge in [0.25, 0.3) is 0 Å². The van der Waals surface area contributed by atoms with Crippen LogP contribution < -0.4 is 4.74 Å². The number of ether oxygens (including phenoxy) is 1. The first-order valence-corrected chi connectivity index (χ1v) is 5.11. The van der Waals surface area contributed by atoms with Crippen molar-refractivity contribution < 1.29 is 4.74 Å². The van der Waals surface area contributed by atoms with Gasteiger partial charge in [-0.1, -0.05) is 32.5 Å². The van der Waals surface area contributed by atoms with E-state index in [0.29, 0.717) is 0 Å². The SMILES string of the molecule is C.CCc1ccccc1OCC1CC1. The fraction of sp³-hybridized carbons (Fsp3) is 0.538. The average Bonchev–Trinajstić information content (AvgIpc) is 2.99. The first kappa shape index (κ1) is 11.1. The van der Waals surface area contributed by atoms with E-state index in [-0.39, 0.29) is 7.43 Å². The molecule has 1 aliphatic rings. The van der Waals surface area contributed by atoms with Crippen LogP contribution >= 0.6 is 0 Å². The summed E-state index contributed by atoms with van der Waals surface area (Å²) in [5.41, 5.74) is 1.32. The highest BCUT2D eigenvalue weighted by Gasteiger charge is 2.22. The fourth-order valence-corrected chi connectivity index (χ4v) is 1.43. The second-order valence-corrected chi connectivity index (χ2v) is 3.72. The Hall–Kier alpha value is -0.980. The van der Waals surface area contributed by atoms with Crippen molar-refractivity contribution in [3.8, 4) is 5.75 Å². The predicted molar refractivity (Wildman–Crippen MR) is 60.8 cm³/mol. The van der Waals surface area contributed by atoms with E-state index in [1.54, 1.807) is 0 Å². The van der Waals surface area contributed by atoms with Gasteiger partial charge in [-0.2, -0.15) is 0 Å². The molecular formula is C13H20O. The molecule has 0 bridgehead atoms. The second kappa shape index (κ2) is 5.04. The van der Waals surface area contributed by atoms with Crippen LogP contribution in [0.5, 0.6) is 5.75 Å². The van der Waals surface area contributed by atoms with E-state index in [9.17, 15) is 0 Å². The maximum absolute atomic E-state index is 5.75. The van der Waals surface area contributed by atoms with Crippen LogP contribution in [0, 0.1) is 5.92 Å². The summed E-state index contributed by atoms with van der Waals surface area (Å²) in [7, 11) is 0. The molecule has 0 radical (unpaired) electrons. The third kappa shape index (κ3) is 2.76. The zero-order valence-electron chi connectivity index (χ0n) is 8.12. The molecule has 0 aliphatic heterocycles. The van der Waals surface area contributed by atoms with Crippen molar-refractivity contribution in [2.45, 2.75) is 33.6 Å². The van der Waals surface area contributed by atoms with E-state index >= 15 is 0 Å². The Balaban J connectivity index is 0.000000980. The number of hydrogen-bond acceptors (Lipinski definition) is 1. The van der Waals surface area contributed by atoms with Crippen molar-refractivity contribution in [1.82, 2.24) is 0 Å². The number of aryl methyl sites for hydroxylation is 1. The molecule has 0 N–H and O–H groups in total. The summed E-state index contributed by atoms with van der Waals surface area (Å²) in [5.74, 6) is 1.92. The van der Waals surface area contributed by atoms with Crippen LogP contribution in [0.1, 0.15) is 32.8 Å². The van der Waals surface area contributed by atoms with E-state index in [1.807, 2.05) is 6.07 Å². The van der Waals surface area contributed by atoms with E-state index in [4.69, 9.17) is 4.74 Å². The number of benzene rings is 1. The zero-order chi connectivity index (χ0) is 9.10. The monoisotopic (exact) mass is 192 g/mol. The summed E-state index contributed by atoms with van der Waals surface area (Å²) in [6.07, 6.45) is 3.77. The lowest BCUT2D eigenvalue weighted by Gasteiger charge is -2.08. The van der Waals surface area contributed by atoms with Crippen LogP contribution in [-0.2, 0) is 6.42 Å². The molecule has 78 valence electrons. The van der Waals surface area contributed by atoms with E-state index in [2.05, 4.69) is 25.1 Å². The molecule has 0 spiro atoms. The Bertz CT molecular complexity index is 276. The summed E-state index contributed by atoms with van der Waals surface area (Å²) in [5, 5.41) is 0. The summed E-state index contributed by atoms with van der Waals surface area (Å²) in [6, 6.07) is 8.33. The molecule has 0 heterocycles. The zero-order valence-corrected chi connectivity index (χ0v) is 8.12. The van der Waals surface area contributed by atoms with Gasteiger partial charge in [0.1, 0.15) is 5.75 Å². The van der Waals surface area contributed by atoms with Crippen LogP contribution in [0.25, 0.3) is 0 Å². The standard InChI is InChI=1S/C12H16O.CH4/c1-2-11-5-3-4-6-12(11)13-9-10-7-8-10;/h3-6,10H,2,7-9H2,1H3;1H4. The van der Waals surface area contributed by atoms with Crippen LogP contribution in [0.3, 0.4) is 0 Å². The smallest absolute Gasteiger partial charge is 0.122 e. The Labute approximate surface area is 87.1 Å². The minimum atomic E-state index is 0. The summed E-state index contributed by atoms with van der Waals surface area (Å²) < 4.78 is 5.75. The molecule has 14 heavy (non-hydrogen) atoms. The predicted octanol–water partition coefficient (Wildman–Crippen LogP) is 3.67. The number of para-hydroxylation sites is 1. The summed E-state index contributed by atoms with van der Waals surface area (Å²) in [6.45, 7) is 3.08. The quantitative estimate of drug-likeness (QED) is 0.707. The van der Waals surface area contributed by atoms with E-state index < -0.39 is 0 Å². The molecule has 1 heteroatoms. The molecule has 0 atom stereocenters. The third-order valence-corrected chi connectivity index (χ3v) is 2.52. The lowest BCUT2D eigenvalue weighted by Crippen LogP contribution is -2.00. The Morgan fingerprint density at radius 3 is 2.64 bits per heavy atom. The van der Waals surface area contributed by atoms with Gasteiger partial charge in [0.15, 0.2) is 0 Å². The third-order valence-electron chi connectivity index (χ3n) is 2.52. The summed E-state index contributed by atoms with van der Waals surface area (Å²) in [4.78, 5) is 0. The van der Waals surface area contributed by atoms with Crippen LogP contribution in [-0.4, -0.2) is 6.61 Å². The van der Waals surface area contributed by atoms with Gasteiger partial charge in [0.05, 0.1) is 6.61 Å². The first-order chi connectivity index (χ1) is 6.40. The van der Waals surface area contributed by atoms with Crippen molar-refractivity contribution in [2.75, 3.05) is 6.61 Å². The molecule has 1 aliphatic carbocycles. The molecule has 1 saturated carbocycles. The minimum Gasteiger partial charge on any atom is -0.493 e. The fourth-order valence-electron chi connectivity index (χ4n) is 1.43. The van der Waals surface area contributed by atoms with Gasteiger partial charge in [-0.3, -0.25) is 0 Å². The maximum Gasteiger partial charge on any atom is 0.122 e. The molecular weight excluding hydrogens is 172 g/mol. The van der Waals surface area contributed by atoms with Crippen molar-refractivity contribution >= 4 is 0 Å². The van der Waals surface area contributed by atoms with Crippen molar-refractivity contribution in [1.29, 1.82) is 0 Å². The largest absolute Gasteiger partial charge is 0.493 e.